The highest BCUT2D eigenvalue weighted by Gasteiger charge is 2.32. The molecular weight excluding hydrogens is 435 g/mol. The van der Waals surface area contributed by atoms with Crippen LogP contribution in [0.5, 0.6) is 5.75 Å². The van der Waals surface area contributed by atoms with E-state index in [1.165, 1.54) is 13.2 Å². The van der Waals surface area contributed by atoms with Crippen LogP contribution in [-0.4, -0.2) is 56.9 Å². The lowest BCUT2D eigenvalue weighted by Gasteiger charge is -2.35. The summed E-state index contributed by atoms with van der Waals surface area (Å²) in [5.41, 5.74) is 1.05. The minimum absolute atomic E-state index is 0.0888. The van der Waals surface area contributed by atoms with E-state index in [0.29, 0.717) is 30.1 Å². The third-order valence-corrected chi connectivity index (χ3v) is 5.68. The average molecular weight is 464 g/mol. The maximum atomic E-state index is 13.3. The summed E-state index contributed by atoms with van der Waals surface area (Å²) in [5, 5.41) is 2.60. The number of Topliss-reactive ketones (excluding diaryl/α,β-unsaturated/α-hetero) is 1. The van der Waals surface area contributed by atoms with E-state index in [1.807, 2.05) is 24.9 Å². The number of aryl methyl sites for hydroxylation is 1. The molecule has 0 saturated carbocycles. The van der Waals surface area contributed by atoms with Crippen LogP contribution in [0.2, 0.25) is 0 Å². The maximum Gasteiger partial charge on any atom is 0.416 e. The van der Waals surface area contributed by atoms with E-state index in [9.17, 15) is 22.8 Å². The van der Waals surface area contributed by atoms with Gasteiger partial charge in [-0.25, -0.2) is 0 Å². The predicted molar refractivity (Wildman–Crippen MR) is 121 cm³/mol. The Morgan fingerprint density at radius 3 is 2.36 bits per heavy atom. The zero-order valence-corrected chi connectivity index (χ0v) is 19.0. The first-order valence-electron chi connectivity index (χ1n) is 10.7. The number of alkyl halides is 3. The van der Waals surface area contributed by atoms with Crippen molar-refractivity contribution in [3.63, 3.8) is 0 Å². The number of nitrogens with one attached hydrogen (secondary N) is 1. The van der Waals surface area contributed by atoms with Crippen molar-refractivity contribution < 1.29 is 27.5 Å². The Bertz CT molecular complexity index is 1020. The third kappa shape index (κ3) is 6.25. The highest BCUT2D eigenvalue weighted by Crippen LogP contribution is 2.36. The Labute approximate surface area is 191 Å². The number of methoxy groups -OCH3 is 1. The number of benzene rings is 2. The summed E-state index contributed by atoms with van der Waals surface area (Å²) in [6, 6.07) is 8.57. The smallest absolute Gasteiger partial charge is 0.416 e. The number of anilines is 2. The van der Waals surface area contributed by atoms with E-state index < -0.39 is 17.6 Å². The van der Waals surface area contributed by atoms with E-state index >= 15 is 0 Å². The molecule has 1 saturated heterocycles. The van der Waals surface area contributed by atoms with Crippen molar-refractivity contribution in [1.29, 1.82) is 0 Å². The van der Waals surface area contributed by atoms with Crippen molar-refractivity contribution in [3.05, 3.63) is 53.1 Å². The molecular formula is C24H28F3N3O3. The number of rotatable bonds is 7. The zero-order chi connectivity index (χ0) is 24.2. The van der Waals surface area contributed by atoms with Gasteiger partial charge in [-0.15, -0.1) is 0 Å². The molecule has 1 N–H and O–H groups in total. The molecule has 0 bridgehead atoms. The van der Waals surface area contributed by atoms with Crippen molar-refractivity contribution in [2.24, 2.45) is 0 Å². The van der Waals surface area contributed by atoms with Gasteiger partial charge in [-0.3, -0.25) is 9.59 Å². The summed E-state index contributed by atoms with van der Waals surface area (Å²) in [4.78, 5) is 29.3. The molecule has 0 aliphatic carbocycles. The van der Waals surface area contributed by atoms with Gasteiger partial charge in [-0.1, -0.05) is 11.6 Å². The van der Waals surface area contributed by atoms with Gasteiger partial charge in [0.2, 0.25) is 5.91 Å². The van der Waals surface area contributed by atoms with Crippen LogP contribution in [0.25, 0.3) is 0 Å². The van der Waals surface area contributed by atoms with Gasteiger partial charge in [0.05, 0.1) is 29.6 Å². The topological polar surface area (TPSA) is 61.9 Å². The highest BCUT2D eigenvalue weighted by atomic mass is 19.4. The number of likely N-dealkylation sites (N-methyl/N-ethyl adjacent to an activating group) is 1. The van der Waals surface area contributed by atoms with Crippen LogP contribution in [-0.2, 0) is 11.0 Å². The van der Waals surface area contributed by atoms with Crippen LogP contribution in [0.15, 0.2) is 36.4 Å². The molecule has 0 atom stereocenters. The fourth-order valence-corrected chi connectivity index (χ4v) is 3.75. The predicted octanol–water partition coefficient (Wildman–Crippen LogP) is 4.38. The molecule has 2 aromatic carbocycles. The second-order valence-electron chi connectivity index (χ2n) is 8.20. The second-order valence-corrected chi connectivity index (χ2v) is 8.20. The summed E-state index contributed by atoms with van der Waals surface area (Å²) in [7, 11) is 3.44. The molecule has 1 amide bonds. The lowest BCUT2D eigenvalue weighted by atomic mass is 10.0. The minimum atomic E-state index is -4.53. The Morgan fingerprint density at radius 1 is 1.03 bits per heavy atom. The largest absolute Gasteiger partial charge is 0.496 e. The van der Waals surface area contributed by atoms with Crippen LogP contribution in [0.4, 0.5) is 24.5 Å². The molecule has 6 nitrogen and oxygen atoms in total. The van der Waals surface area contributed by atoms with Crippen molar-refractivity contribution in [2.45, 2.75) is 25.9 Å². The maximum absolute atomic E-state index is 13.3. The summed E-state index contributed by atoms with van der Waals surface area (Å²) in [5.74, 6) is -0.375. The van der Waals surface area contributed by atoms with E-state index in [1.54, 1.807) is 12.1 Å². The fraction of sp³-hybridized carbons (Fsp3) is 0.417. The summed E-state index contributed by atoms with van der Waals surface area (Å²) in [6.45, 7) is 4.64. The van der Waals surface area contributed by atoms with E-state index in [-0.39, 0.29) is 24.3 Å². The fourth-order valence-electron chi connectivity index (χ4n) is 3.75. The van der Waals surface area contributed by atoms with Crippen LogP contribution in [0.3, 0.4) is 0 Å². The van der Waals surface area contributed by atoms with Crippen LogP contribution >= 0.6 is 0 Å². The summed E-state index contributed by atoms with van der Waals surface area (Å²) in [6.07, 6.45) is -4.78. The number of halogens is 3. The monoisotopic (exact) mass is 463 g/mol. The van der Waals surface area contributed by atoms with Gasteiger partial charge in [0, 0.05) is 39.0 Å². The minimum Gasteiger partial charge on any atom is -0.496 e. The number of ether oxygens (including phenoxy) is 1. The average Bonchev–Trinajstić information content (AvgIpc) is 2.77. The van der Waals surface area contributed by atoms with Gasteiger partial charge in [0.15, 0.2) is 5.78 Å². The normalized spacial score (nSPS) is 14.8. The molecule has 178 valence electrons. The van der Waals surface area contributed by atoms with Crippen molar-refractivity contribution >= 4 is 23.1 Å². The number of carbonyl (C=O) groups excluding carboxylic acids is 2. The molecule has 1 fully saturated rings. The first-order chi connectivity index (χ1) is 15.6. The number of nitrogens with zero attached hydrogens (tertiary/aromatic N) is 2. The number of piperazine rings is 1. The second kappa shape index (κ2) is 10.2. The Kier molecular flexibility index (Phi) is 7.63. The van der Waals surface area contributed by atoms with Gasteiger partial charge in [-0.2, -0.15) is 13.2 Å². The van der Waals surface area contributed by atoms with Crippen molar-refractivity contribution in [1.82, 2.24) is 4.90 Å². The van der Waals surface area contributed by atoms with Gasteiger partial charge in [-0.05, 0) is 44.3 Å². The molecule has 0 unspecified atom stereocenters. The van der Waals surface area contributed by atoms with Gasteiger partial charge < -0.3 is 19.9 Å². The molecule has 1 heterocycles. The SMILES string of the molecule is COc1ccc(C)cc1C(=O)CCC(=O)Nc1cc(C(F)(F)F)ccc1N1CCN(C)CC1. The van der Waals surface area contributed by atoms with Gasteiger partial charge in [0.25, 0.3) is 0 Å². The number of hydrogen-bond donors (Lipinski definition) is 1. The van der Waals surface area contributed by atoms with E-state index in [4.69, 9.17) is 4.74 Å². The molecule has 2 aromatic rings. The number of hydrogen-bond acceptors (Lipinski definition) is 5. The molecule has 0 radical (unpaired) electrons. The molecule has 1 aliphatic heterocycles. The third-order valence-electron chi connectivity index (χ3n) is 5.68. The van der Waals surface area contributed by atoms with E-state index in [0.717, 1.165) is 30.8 Å². The van der Waals surface area contributed by atoms with Crippen LogP contribution in [0, 0.1) is 6.92 Å². The summed E-state index contributed by atoms with van der Waals surface area (Å²) >= 11 is 0. The number of carbonyl (C=O) groups is 2. The van der Waals surface area contributed by atoms with Crippen LogP contribution < -0.4 is 15.0 Å². The van der Waals surface area contributed by atoms with Crippen molar-refractivity contribution in [3.8, 4) is 5.75 Å². The Morgan fingerprint density at radius 2 is 1.73 bits per heavy atom. The molecule has 3 rings (SSSR count). The molecule has 0 aromatic heterocycles. The zero-order valence-electron chi connectivity index (χ0n) is 19.0. The van der Waals surface area contributed by atoms with E-state index in [2.05, 4.69) is 10.2 Å². The molecule has 0 spiro atoms. The lowest BCUT2D eigenvalue weighted by Crippen LogP contribution is -2.44. The molecule has 33 heavy (non-hydrogen) atoms. The van der Waals surface area contributed by atoms with Gasteiger partial charge >= 0.3 is 6.18 Å². The highest BCUT2D eigenvalue weighted by molar-refractivity contribution is 6.02. The Hall–Kier alpha value is -3.07. The first kappa shape index (κ1) is 24.6. The van der Waals surface area contributed by atoms with Crippen molar-refractivity contribution in [2.75, 3.05) is 50.6 Å². The number of amides is 1. The lowest BCUT2D eigenvalue weighted by molar-refractivity contribution is -0.137. The molecule has 1 aliphatic rings. The number of ketones is 1. The first-order valence-corrected chi connectivity index (χ1v) is 10.7. The van der Waals surface area contributed by atoms with Gasteiger partial charge in [0.1, 0.15) is 5.75 Å². The quantitative estimate of drug-likeness (QED) is 0.618. The molecule has 9 heteroatoms. The van der Waals surface area contributed by atoms with Crippen LogP contribution in [0.1, 0.15) is 34.3 Å². The Balaban J connectivity index is 1.75. The summed E-state index contributed by atoms with van der Waals surface area (Å²) < 4.78 is 45.1. The standard InChI is InChI=1S/C24H28F3N3O3/c1-16-4-8-22(33-3)18(14-16)21(31)7-9-23(32)28-19-15-17(24(25,26)27)5-6-20(19)30-12-10-29(2)11-13-30/h4-6,8,14-15H,7,9-13H2,1-3H3,(H,28,32).